The predicted molar refractivity (Wildman–Crippen MR) is 99.3 cm³/mol. The molecule has 0 saturated carbocycles. The lowest BCUT2D eigenvalue weighted by Crippen LogP contribution is -2.39. The summed E-state index contributed by atoms with van der Waals surface area (Å²) in [5.74, 6) is 0.574. The molecule has 134 valence electrons. The molecule has 3 rings (SSSR count). The van der Waals surface area contributed by atoms with E-state index in [4.69, 9.17) is 0 Å². The summed E-state index contributed by atoms with van der Waals surface area (Å²) >= 11 is 0. The lowest BCUT2D eigenvalue weighted by Gasteiger charge is -2.16. The smallest absolute Gasteiger partial charge is 0.253 e. The molecule has 0 aliphatic heterocycles. The van der Waals surface area contributed by atoms with Crippen LogP contribution >= 0.6 is 0 Å². The second-order valence-corrected chi connectivity index (χ2v) is 6.22. The number of nitrogens with zero attached hydrogens (tertiary/aromatic N) is 3. The minimum absolute atomic E-state index is 0.132. The number of amides is 1. The molecule has 3 heterocycles. The average Bonchev–Trinajstić information content (AvgIpc) is 2.97. The van der Waals surface area contributed by atoms with E-state index in [2.05, 4.69) is 15.3 Å². The first-order valence-electron chi connectivity index (χ1n) is 8.51. The molecule has 0 fully saturated rings. The van der Waals surface area contributed by atoms with Gasteiger partial charge in [0.15, 0.2) is 0 Å². The number of aromatic nitrogens is 3. The summed E-state index contributed by atoms with van der Waals surface area (Å²) in [6.45, 7) is 3.71. The highest BCUT2D eigenvalue weighted by molar-refractivity contribution is 5.96. The fraction of sp³-hybridized carbons (Fsp3) is 0.250. The Bertz CT molecular complexity index is 876. The number of nitrogens with one attached hydrogen (secondary N) is 1. The molecule has 1 unspecified atom stereocenters. The molecule has 0 radical (unpaired) electrons. The minimum atomic E-state index is -0.359. The van der Waals surface area contributed by atoms with Crippen molar-refractivity contribution in [2.75, 3.05) is 6.61 Å². The van der Waals surface area contributed by atoms with E-state index in [1.807, 2.05) is 54.8 Å². The molecular formula is C20H22N4O2. The van der Waals surface area contributed by atoms with Gasteiger partial charge in [0.05, 0.1) is 18.2 Å². The Hall–Kier alpha value is -2.99. The van der Waals surface area contributed by atoms with Gasteiger partial charge in [-0.2, -0.15) is 0 Å². The molecule has 0 saturated heterocycles. The van der Waals surface area contributed by atoms with Crippen LogP contribution in [-0.2, 0) is 6.42 Å². The van der Waals surface area contributed by atoms with Gasteiger partial charge < -0.3 is 15.0 Å². The van der Waals surface area contributed by atoms with E-state index in [-0.39, 0.29) is 18.6 Å². The number of rotatable bonds is 6. The molecule has 0 bridgehead atoms. The van der Waals surface area contributed by atoms with Crippen LogP contribution in [0.4, 0.5) is 0 Å². The van der Waals surface area contributed by atoms with Crippen LogP contribution in [0.3, 0.4) is 0 Å². The summed E-state index contributed by atoms with van der Waals surface area (Å²) in [7, 11) is 0. The van der Waals surface area contributed by atoms with Crippen LogP contribution in [0.5, 0.6) is 0 Å². The van der Waals surface area contributed by atoms with Gasteiger partial charge >= 0.3 is 0 Å². The first-order chi connectivity index (χ1) is 12.6. The van der Waals surface area contributed by atoms with E-state index in [1.165, 1.54) is 0 Å². The van der Waals surface area contributed by atoms with Gasteiger partial charge in [0.2, 0.25) is 0 Å². The molecule has 1 atom stereocenters. The van der Waals surface area contributed by atoms with E-state index < -0.39 is 0 Å². The molecule has 3 aromatic rings. The molecule has 0 aromatic carbocycles. The third kappa shape index (κ3) is 3.81. The zero-order valence-corrected chi connectivity index (χ0v) is 14.9. The largest absolute Gasteiger partial charge is 0.394 e. The third-order valence-corrected chi connectivity index (χ3v) is 4.34. The molecule has 6 heteroatoms. The van der Waals surface area contributed by atoms with Gasteiger partial charge in [-0.1, -0.05) is 6.07 Å². The van der Waals surface area contributed by atoms with Gasteiger partial charge in [0.1, 0.15) is 5.82 Å². The molecule has 3 aromatic heterocycles. The van der Waals surface area contributed by atoms with Crippen molar-refractivity contribution in [3.63, 3.8) is 0 Å². The fourth-order valence-electron chi connectivity index (χ4n) is 3.06. The van der Waals surface area contributed by atoms with Gasteiger partial charge in [-0.15, -0.1) is 0 Å². The molecule has 26 heavy (non-hydrogen) atoms. The Labute approximate surface area is 152 Å². The molecular weight excluding hydrogens is 328 g/mol. The zero-order valence-electron chi connectivity index (χ0n) is 14.9. The normalized spacial score (nSPS) is 12.0. The monoisotopic (exact) mass is 350 g/mol. The van der Waals surface area contributed by atoms with E-state index >= 15 is 0 Å². The van der Waals surface area contributed by atoms with Crippen LogP contribution in [-0.4, -0.2) is 38.2 Å². The van der Waals surface area contributed by atoms with Crippen LogP contribution in [0.2, 0.25) is 0 Å². The Kier molecular flexibility index (Phi) is 5.43. The number of pyridine rings is 2. The highest BCUT2D eigenvalue weighted by Crippen LogP contribution is 2.19. The van der Waals surface area contributed by atoms with Crippen molar-refractivity contribution in [2.24, 2.45) is 0 Å². The Morgan fingerprint density at radius 1 is 1.19 bits per heavy atom. The molecule has 0 aliphatic rings. The van der Waals surface area contributed by atoms with E-state index in [0.717, 1.165) is 22.8 Å². The second kappa shape index (κ2) is 7.93. The maximum Gasteiger partial charge on any atom is 0.253 e. The first-order valence-corrected chi connectivity index (χ1v) is 8.51. The molecule has 1 amide bonds. The van der Waals surface area contributed by atoms with Gasteiger partial charge in [0, 0.05) is 30.0 Å². The maximum atomic E-state index is 12.8. The van der Waals surface area contributed by atoms with Crippen LogP contribution < -0.4 is 5.32 Å². The van der Waals surface area contributed by atoms with Crippen molar-refractivity contribution in [3.8, 4) is 5.82 Å². The maximum absolute atomic E-state index is 12.8. The van der Waals surface area contributed by atoms with Crippen LogP contribution in [0.15, 0.2) is 55.0 Å². The van der Waals surface area contributed by atoms with Gasteiger partial charge in [-0.25, -0.2) is 4.98 Å². The summed E-state index contributed by atoms with van der Waals surface area (Å²) in [5.41, 5.74) is 3.35. The lowest BCUT2D eigenvalue weighted by molar-refractivity contribution is 0.0916. The first kappa shape index (κ1) is 17.8. The molecule has 0 spiro atoms. The Morgan fingerprint density at radius 3 is 2.62 bits per heavy atom. The number of hydrogen-bond acceptors (Lipinski definition) is 4. The second-order valence-electron chi connectivity index (χ2n) is 6.22. The van der Waals surface area contributed by atoms with E-state index in [1.54, 1.807) is 18.6 Å². The van der Waals surface area contributed by atoms with Gasteiger partial charge in [-0.05, 0) is 56.2 Å². The van der Waals surface area contributed by atoms with Crippen LogP contribution in [0.25, 0.3) is 5.82 Å². The minimum Gasteiger partial charge on any atom is -0.394 e. The van der Waals surface area contributed by atoms with Crippen LogP contribution in [0.1, 0.15) is 27.3 Å². The van der Waals surface area contributed by atoms with Crippen molar-refractivity contribution >= 4 is 5.91 Å². The highest BCUT2D eigenvalue weighted by atomic mass is 16.3. The van der Waals surface area contributed by atoms with Gasteiger partial charge in [-0.3, -0.25) is 9.78 Å². The molecule has 6 nitrogen and oxygen atoms in total. The van der Waals surface area contributed by atoms with E-state index in [9.17, 15) is 9.90 Å². The summed E-state index contributed by atoms with van der Waals surface area (Å²) in [5, 5.41) is 12.6. The number of aryl methyl sites for hydroxylation is 1. The van der Waals surface area contributed by atoms with Gasteiger partial charge in [0.25, 0.3) is 5.91 Å². The predicted octanol–water partition coefficient (Wildman–Crippen LogP) is 2.22. The molecule has 2 N–H and O–H groups in total. The third-order valence-electron chi connectivity index (χ3n) is 4.34. The fourth-order valence-corrected chi connectivity index (χ4v) is 3.06. The summed E-state index contributed by atoms with van der Waals surface area (Å²) in [6.07, 6.45) is 5.67. The zero-order chi connectivity index (χ0) is 18.5. The van der Waals surface area contributed by atoms with Crippen molar-refractivity contribution in [3.05, 3.63) is 77.5 Å². The van der Waals surface area contributed by atoms with Crippen molar-refractivity contribution in [1.29, 1.82) is 0 Å². The number of carbonyl (C=O) groups excluding carboxylic acids is 1. The SMILES string of the molecule is Cc1cc(C(=O)NC(CO)Cc2ccncc2)c(C)n1-c1ccccn1. The topological polar surface area (TPSA) is 80.0 Å². The standard InChI is InChI=1S/C20H22N4O2/c1-14-11-18(15(2)24(14)19-5-3-4-8-22-19)20(26)23-17(13-25)12-16-6-9-21-10-7-16/h3-11,17,25H,12-13H2,1-2H3,(H,23,26). The summed E-state index contributed by atoms with van der Waals surface area (Å²) in [6, 6.07) is 10.9. The van der Waals surface area contributed by atoms with Crippen molar-refractivity contribution in [1.82, 2.24) is 19.9 Å². The average molecular weight is 350 g/mol. The Balaban J connectivity index is 1.79. The number of hydrogen-bond donors (Lipinski definition) is 2. The van der Waals surface area contributed by atoms with Crippen molar-refractivity contribution in [2.45, 2.75) is 26.3 Å². The number of aliphatic hydroxyl groups is 1. The summed E-state index contributed by atoms with van der Waals surface area (Å²) in [4.78, 5) is 21.1. The van der Waals surface area contributed by atoms with E-state index in [0.29, 0.717) is 12.0 Å². The van der Waals surface area contributed by atoms with Crippen molar-refractivity contribution < 1.29 is 9.90 Å². The lowest BCUT2D eigenvalue weighted by atomic mass is 10.1. The number of aliphatic hydroxyl groups excluding tert-OH is 1. The Morgan fingerprint density at radius 2 is 1.96 bits per heavy atom. The quantitative estimate of drug-likeness (QED) is 0.714. The highest BCUT2D eigenvalue weighted by Gasteiger charge is 2.20. The van der Waals surface area contributed by atoms with Crippen LogP contribution in [0, 0.1) is 13.8 Å². The molecule has 0 aliphatic carbocycles. The summed E-state index contributed by atoms with van der Waals surface area (Å²) < 4.78 is 1.95. The number of carbonyl (C=O) groups is 1.